The first-order chi connectivity index (χ1) is 13.5. The molecule has 28 heavy (non-hydrogen) atoms. The highest BCUT2D eigenvalue weighted by atomic mass is 35.5. The van der Waals surface area contributed by atoms with Crippen molar-refractivity contribution in [2.75, 3.05) is 16.8 Å². The van der Waals surface area contributed by atoms with Gasteiger partial charge in [-0.2, -0.15) is 5.10 Å². The molecule has 0 spiro atoms. The molecule has 1 amide bonds. The van der Waals surface area contributed by atoms with Crippen molar-refractivity contribution in [1.82, 2.24) is 14.8 Å². The number of amides is 1. The standard InChI is InChI=1S/C21H22ClN5O/c1-14-19(15(2)27(25-14)17-7-5-16(22)6-8-17)13-24-20-10-9-18(12-23-20)26-11-3-4-21(26)28/h5-10,12H,3-4,11,13H2,1-2H3,(H,23,24). The fourth-order valence-corrected chi connectivity index (χ4v) is 3.64. The fourth-order valence-electron chi connectivity index (χ4n) is 3.51. The second-order valence-corrected chi connectivity index (χ2v) is 7.38. The molecule has 3 aromatic rings. The lowest BCUT2D eigenvalue weighted by Gasteiger charge is -2.15. The predicted octanol–water partition coefficient (Wildman–Crippen LogP) is 4.28. The molecular weight excluding hydrogens is 374 g/mol. The average Bonchev–Trinajstić information content (AvgIpc) is 3.24. The van der Waals surface area contributed by atoms with Crippen molar-refractivity contribution < 1.29 is 4.79 Å². The molecule has 0 atom stereocenters. The van der Waals surface area contributed by atoms with Crippen molar-refractivity contribution in [3.05, 3.63) is 64.6 Å². The molecule has 1 aromatic carbocycles. The smallest absolute Gasteiger partial charge is 0.227 e. The third-order valence-electron chi connectivity index (χ3n) is 5.09. The number of hydrogen-bond donors (Lipinski definition) is 1. The number of hydrogen-bond acceptors (Lipinski definition) is 4. The van der Waals surface area contributed by atoms with Crippen molar-refractivity contribution in [3.63, 3.8) is 0 Å². The first kappa shape index (κ1) is 18.5. The molecule has 1 aliphatic heterocycles. The van der Waals surface area contributed by atoms with Crippen molar-refractivity contribution in [1.29, 1.82) is 0 Å². The maximum absolute atomic E-state index is 11.8. The van der Waals surface area contributed by atoms with E-state index in [0.29, 0.717) is 18.0 Å². The molecule has 6 nitrogen and oxygen atoms in total. The lowest BCUT2D eigenvalue weighted by atomic mass is 10.2. The van der Waals surface area contributed by atoms with E-state index in [0.717, 1.165) is 47.1 Å². The Hall–Kier alpha value is -2.86. The Kier molecular flexibility index (Phi) is 5.05. The number of nitrogens with one attached hydrogen (secondary N) is 1. The molecular formula is C21H22ClN5O. The highest BCUT2D eigenvalue weighted by molar-refractivity contribution is 6.30. The van der Waals surface area contributed by atoms with E-state index in [2.05, 4.69) is 22.3 Å². The highest BCUT2D eigenvalue weighted by Gasteiger charge is 2.21. The number of anilines is 2. The first-order valence-corrected chi connectivity index (χ1v) is 9.72. The quantitative estimate of drug-likeness (QED) is 0.700. The van der Waals surface area contributed by atoms with Gasteiger partial charge in [0.1, 0.15) is 5.82 Å². The lowest BCUT2D eigenvalue weighted by molar-refractivity contribution is -0.117. The molecule has 2 aromatic heterocycles. The Bertz CT molecular complexity index is 995. The van der Waals surface area contributed by atoms with Gasteiger partial charge in [0.05, 0.1) is 23.3 Å². The third kappa shape index (κ3) is 3.60. The Balaban J connectivity index is 1.48. The minimum absolute atomic E-state index is 0.170. The van der Waals surface area contributed by atoms with Gasteiger partial charge in [-0.05, 0) is 56.7 Å². The van der Waals surface area contributed by atoms with Crippen LogP contribution in [0.25, 0.3) is 5.69 Å². The summed E-state index contributed by atoms with van der Waals surface area (Å²) in [7, 11) is 0. The zero-order valence-corrected chi connectivity index (χ0v) is 16.7. The van der Waals surface area contributed by atoms with Crippen LogP contribution in [-0.2, 0) is 11.3 Å². The Morgan fingerprint density at radius 2 is 1.86 bits per heavy atom. The van der Waals surface area contributed by atoms with Gasteiger partial charge in [-0.25, -0.2) is 9.67 Å². The van der Waals surface area contributed by atoms with Crippen LogP contribution in [0, 0.1) is 13.8 Å². The van der Waals surface area contributed by atoms with E-state index in [9.17, 15) is 4.79 Å². The molecule has 144 valence electrons. The van der Waals surface area contributed by atoms with Gasteiger partial charge < -0.3 is 10.2 Å². The SMILES string of the molecule is Cc1nn(-c2ccc(Cl)cc2)c(C)c1CNc1ccc(N2CCCC2=O)cn1. The van der Waals surface area contributed by atoms with Gasteiger partial charge in [0.15, 0.2) is 0 Å². The van der Waals surface area contributed by atoms with Gasteiger partial charge in [-0.1, -0.05) is 11.6 Å². The number of pyridine rings is 1. The van der Waals surface area contributed by atoms with Crippen LogP contribution in [0.1, 0.15) is 29.8 Å². The minimum atomic E-state index is 0.170. The summed E-state index contributed by atoms with van der Waals surface area (Å²) in [5.41, 5.74) is 5.02. The summed E-state index contributed by atoms with van der Waals surface area (Å²) in [6, 6.07) is 11.5. The van der Waals surface area contributed by atoms with Crippen molar-refractivity contribution in [3.8, 4) is 5.69 Å². The Morgan fingerprint density at radius 3 is 2.50 bits per heavy atom. The number of halogens is 1. The van der Waals surface area contributed by atoms with E-state index < -0.39 is 0 Å². The molecule has 0 bridgehead atoms. The molecule has 0 unspecified atom stereocenters. The molecule has 1 N–H and O–H groups in total. The maximum Gasteiger partial charge on any atom is 0.227 e. The van der Waals surface area contributed by atoms with E-state index in [1.807, 2.05) is 48.0 Å². The second-order valence-electron chi connectivity index (χ2n) is 6.94. The number of aryl methyl sites for hydroxylation is 1. The van der Waals surface area contributed by atoms with E-state index >= 15 is 0 Å². The van der Waals surface area contributed by atoms with Gasteiger partial charge >= 0.3 is 0 Å². The highest BCUT2D eigenvalue weighted by Crippen LogP contribution is 2.23. The van der Waals surface area contributed by atoms with Crippen LogP contribution >= 0.6 is 11.6 Å². The summed E-state index contributed by atoms with van der Waals surface area (Å²) in [5.74, 6) is 0.941. The van der Waals surface area contributed by atoms with Gasteiger partial charge in [-0.15, -0.1) is 0 Å². The molecule has 0 aliphatic carbocycles. The van der Waals surface area contributed by atoms with Gasteiger partial charge in [0.25, 0.3) is 0 Å². The summed E-state index contributed by atoms with van der Waals surface area (Å²) in [4.78, 5) is 18.1. The number of rotatable bonds is 5. The van der Waals surface area contributed by atoms with Gasteiger partial charge in [-0.3, -0.25) is 4.79 Å². The molecule has 3 heterocycles. The number of benzene rings is 1. The van der Waals surface area contributed by atoms with Crippen LogP contribution in [0.5, 0.6) is 0 Å². The van der Waals surface area contributed by atoms with E-state index in [1.54, 1.807) is 11.1 Å². The zero-order valence-electron chi connectivity index (χ0n) is 15.9. The Morgan fingerprint density at radius 1 is 1.11 bits per heavy atom. The summed E-state index contributed by atoms with van der Waals surface area (Å²) in [5, 5.41) is 8.73. The van der Waals surface area contributed by atoms with Crippen LogP contribution in [0.4, 0.5) is 11.5 Å². The summed E-state index contributed by atoms with van der Waals surface area (Å²) in [6.45, 7) is 5.46. The Labute approximate surface area is 169 Å². The van der Waals surface area contributed by atoms with Crippen molar-refractivity contribution >= 4 is 29.0 Å². The largest absolute Gasteiger partial charge is 0.366 e. The van der Waals surface area contributed by atoms with Crippen molar-refractivity contribution in [2.24, 2.45) is 0 Å². The summed E-state index contributed by atoms with van der Waals surface area (Å²) < 4.78 is 1.93. The van der Waals surface area contributed by atoms with E-state index in [4.69, 9.17) is 11.6 Å². The zero-order chi connectivity index (χ0) is 19.7. The third-order valence-corrected chi connectivity index (χ3v) is 5.34. The van der Waals surface area contributed by atoms with Crippen LogP contribution in [-0.4, -0.2) is 27.2 Å². The summed E-state index contributed by atoms with van der Waals surface area (Å²) >= 11 is 5.99. The van der Waals surface area contributed by atoms with Gasteiger partial charge in [0.2, 0.25) is 5.91 Å². The molecule has 1 fully saturated rings. The number of carbonyl (C=O) groups is 1. The number of carbonyl (C=O) groups excluding carboxylic acids is 1. The first-order valence-electron chi connectivity index (χ1n) is 9.34. The number of nitrogens with zero attached hydrogens (tertiary/aromatic N) is 4. The maximum atomic E-state index is 11.8. The average molecular weight is 396 g/mol. The number of aromatic nitrogens is 3. The van der Waals surface area contributed by atoms with Crippen LogP contribution < -0.4 is 10.2 Å². The van der Waals surface area contributed by atoms with E-state index in [-0.39, 0.29) is 5.91 Å². The molecule has 7 heteroatoms. The predicted molar refractivity (Wildman–Crippen MR) is 111 cm³/mol. The monoisotopic (exact) mass is 395 g/mol. The molecule has 4 rings (SSSR count). The molecule has 1 saturated heterocycles. The normalized spacial score (nSPS) is 14.0. The lowest BCUT2D eigenvalue weighted by Crippen LogP contribution is -2.23. The van der Waals surface area contributed by atoms with E-state index in [1.165, 1.54) is 0 Å². The van der Waals surface area contributed by atoms with Crippen molar-refractivity contribution in [2.45, 2.75) is 33.2 Å². The second kappa shape index (κ2) is 7.64. The molecule has 1 aliphatic rings. The molecule has 0 saturated carbocycles. The minimum Gasteiger partial charge on any atom is -0.366 e. The topological polar surface area (TPSA) is 63.1 Å². The summed E-state index contributed by atoms with van der Waals surface area (Å²) in [6.07, 6.45) is 3.29. The fraction of sp³-hybridized carbons (Fsp3) is 0.286. The van der Waals surface area contributed by atoms with Gasteiger partial charge in [0, 0.05) is 35.8 Å². The molecule has 0 radical (unpaired) electrons. The van der Waals surface area contributed by atoms with Crippen LogP contribution in [0.2, 0.25) is 5.02 Å². The van der Waals surface area contributed by atoms with Crippen LogP contribution in [0.15, 0.2) is 42.6 Å². The van der Waals surface area contributed by atoms with Crippen LogP contribution in [0.3, 0.4) is 0 Å².